The molecule has 0 aliphatic rings. The summed E-state index contributed by atoms with van der Waals surface area (Å²) in [6.07, 6.45) is 3.23. The number of benzene rings is 2. The van der Waals surface area contributed by atoms with Gasteiger partial charge in [0.15, 0.2) is 5.13 Å². The first kappa shape index (κ1) is 17.4. The second kappa shape index (κ2) is 7.64. The van der Waals surface area contributed by atoms with E-state index in [2.05, 4.69) is 42.3 Å². The highest BCUT2D eigenvalue weighted by Gasteiger charge is 2.08. The maximum atomic E-state index is 12.1. The van der Waals surface area contributed by atoms with Gasteiger partial charge in [0.25, 0.3) is 0 Å². The zero-order valence-corrected chi connectivity index (χ0v) is 15.5. The summed E-state index contributed by atoms with van der Waals surface area (Å²) in [6, 6.07) is 13.5. The van der Waals surface area contributed by atoms with E-state index in [0.29, 0.717) is 10.2 Å². The van der Waals surface area contributed by atoms with Gasteiger partial charge in [-0.1, -0.05) is 47.5 Å². The molecule has 2 aromatic carbocycles. The molecule has 0 atom stereocenters. The highest BCUT2D eigenvalue weighted by atomic mass is 35.5. The molecule has 126 valence electrons. The Morgan fingerprint density at radius 1 is 1.16 bits per heavy atom. The molecule has 1 N–H and O–H groups in total. The molecule has 1 heterocycles. The van der Waals surface area contributed by atoms with Gasteiger partial charge >= 0.3 is 0 Å². The SMILES string of the molecule is Cc1ccc(-c2csc(NC(=O)/C=C\c3ccc(Cl)cc3)n2)c(C)c1. The van der Waals surface area contributed by atoms with Crippen LogP contribution in [0.2, 0.25) is 5.02 Å². The van der Waals surface area contributed by atoms with E-state index in [1.807, 2.05) is 17.5 Å². The van der Waals surface area contributed by atoms with Gasteiger partial charge in [0.05, 0.1) is 5.69 Å². The summed E-state index contributed by atoms with van der Waals surface area (Å²) in [5.41, 5.74) is 5.26. The predicted molar refractivity (Wildman–Crippen MR) is 106 cm³/mol. The minimum absolute atomic E-state index is 0.212. The van der Waals surface area contributed by atoms with Crippen molar-refractivity contribution in [2.24, 2.45) is 0 Å². The molecule has 0 unspecified atom stereocenters. The molecule has 0 saturated heterocycles. The van der Waals surface area contributed by atoms with Crippen LogP contribution in [0.15, 0.2) is 53.9 Å². The van der Waals surface area contributed by atoms with E-state index in [-0.39, 0.29) is 5.91 Å². The molecular weight excluding hydrogens is 352 g/mol. The minimum atomic E-state index is -0.212. The average Bonchev–Trinajstić information content (AvgIpc) is 3.02. The summed E-state index contributed by atoms with van der Waals surface area (Å²) >= 11 is 7.26. The van der Waals surface area contributed by atoms with Crippen molar-refractivity contribution in [1.82, 2.24) is 4.98 Å². The van der Waals surface area contributed by atoms with Gasteiger partial charge in [0.1, 0.15) is 0 Å². The van der Waals surface area contributed by atoms with Gasteiger partial charge in [-0.3, -0.25) is 10.1 Å². The normalized spacial score (nSPS) is 11.0. The van der Waals surface area contributed by atoms with Crippen LogP contribution in [0.1, 0.15) is 16.7 Å². The Hall–Kier alpha value is -2.43. The standard InChI is InChI=1S/C20H17ClN2OS/c1-13-3-9-17(14(2)11-13)18-12-25-20(22-18)23-19(24)10-6-15-4-7-16(21)8-5-15/h3-12H,1-2H3,(H,22,23,24)/b10-6-. The third kappa shape index (κ3) is 4.56. The van der Waals surface area contributed by atoms with Crippen LogP contribution < -0.4 is 5.32 Å². The molecule has 1 amide bonds. The van der Waals surface area contributed by atoms with E-state index in [4.69, 9.17) is 11.6 Å². The van der Waals surface area contributed by atoms with Crippen molar-refractivity contribution in [3.8, 4) is 11.3 Å². The molecule has 0 saturated carbocycles. The topological polar surface area (TPSA) is 42.0 Å². The van der Waals surface area contributed by atoms with Crippen molar-refractivity contribution >= 4 is 40.1 Å². The van der Waals surface area contributed by atoms with Gasteiger partial charge in [0, 0.05) is 22.0 Å². The Morgan fingerprint density at radius 2 is 1.92 bits per heavy atom. The number of aromatic nitrogens is 1. The number of anilines is 1. The van der Waals surface area contributed by atoms with Crippen LogP contribution in [0.3, 0.4) is 0 Å². The fourth-order valence-corrected chi connectivity index (χ4v) is 3.29. The molecule has 0 bridgehead atoms. The number of nitrogens with zero attached hydrogens (tertiary/aromatic N) is 1. The average molecular weight is 369 g/mol. The summed E-state index contributed by atoms with van der Waals surface area (Å²) in [6.45, 7) is 4.13. The lowest BCUT2D eigenvalue weighted by atomic mass is 10.0. The molecular formula is C20H17ClN2OS. The number of hydrogen-bond donors (Lipinski definition) is 1. The lowest BCUT2D eigenvalue weighted by Crippen LogP contribution is -2.07. The maximum absolute atomic E-state index is 12.1. The quantitative estimate of drug-likeness (QED) is 0.597. The third-order valence-electron chi connectivity index (χ3n) is 3.69. The van der Waals surface area contributed by atoms with Gasteiger partial charge in [-0.05, 0) is 43.2 Å². The fourth-order valence-electron chi connectivity index (χ4n) is 2.45. The van der Waals surface area contributed by atoms with Gasteiger partial charge in [-0.25, -0.2) is 4.98 Å². The minimum Gasteiger partial charge on any atom is -0.298 e. The number of amides is 1. The lowest BCUT2D eigenvalue weighted by molar-refractivity contribution is -0.111. The summed E-state index contributed by atoms with van der Waals surface area (Å²) in [7, 11) is 0. The van der Waals surface area contributed by atoms with Crippen LogP contribution in [0.25, 0.3) is 17.3 Å². The van der Waals surface area contributed by atoms with Gasteiger partial charge < -0.3 is 0 Å². The first-order valence-corrected chi connectivity index (χ1v) is 9.05. The van der Waals surface area contributed by atoms with Crippen LogP contribution in [-0.4, -0.2) is 10.9 Å². The van der Waals surface area contributed by atoms with E-state index in [1.54, 1.807) is 18.2 Å². The van der Waals surface area contributed by atoms with Crippen molar-refractivity contribution in [2.45, 2.75) is 13.8 Å². The van der Waals surface area contributed by atoms with Crippen LogP contribution in [-0.2, 0) is 4.79 Å². The van der Waals surface area contributed by atoms with E-state index in [1.165, 1.54) is 28.5 Å². The van der Waals surface area contributed by atoms with E-state index >= 15 is 0 Å². The molecule has 0 aliphatic heterocycles. The van der Waals surface area contributed by atoms with Crippen molar-refractivity contribution in [1.29, 1.82) is 0 Å². The maximum Gasteiger partial charge on any atom is 0.250 e. The van der Waals surface area contributed by atoms with Crippen molar-refractivity contribution in [3.63, 3.8) is 0 Å². The highest BCUT2D eigenvalue weighted by Crippen LogP contribution is 2.28. The summed E-state index contributed by atoms with van der Waals surface area (Å²) in [5, 5.41) is 6.01. The summed E-state index contributed by atoms with van der Waals surface area (Å²) < 4.78 is 0. The van der Waals surface area contributed by atoms with Gasteiger partial charge in [0.2, 0.25) is 5.91 Å². The number of halogens is 1. The second-order valence-corrected chi connectivity index (χ2v) is 7.02. The monoisotopic (exact) mass is 368 g/mol. The molecule has 3 nitrogen and oxygen atoms in total. The van der Waals surface area contributed by atoms with Crippen LogP contribution in [0, 0.1) is 13.8 Å². The second-order valence-electron chi connectivity index (χ2n) is 5.73. The van der Waals surface area contributed by atoms with Crippen LogP contribution in [0.5, 0.6) is 0 Å². The zero-order chi connectivity index (χ0) is 17.8. The third-order valence-corrected chi connectivity index (χ3v) is 4.70. The number of carbonyl (C=O) groups is 1. The molecule has 1 aromatic heterocycles. The van der Waals surface area contributed by atoms with Crippen molar-refractivity contribution < 1.29 is 4.79 Å². The van der Waals surface area contributed by atoms with E-state index in [0.717, 1.165) is 16.8 Å². The number of carbonyl (C=O) groups excluding carboxylic acids is 1. The largest absolute Gasteiger partial charge is 0.298 e. The molecule has 25 heavy (non-hydrogen) atoms. The fraction of sp³-hybridized carbons (Fsp3) is 0.100. The van der Waals surface area contributed by atoms with Crippen LogP contribution in [0.4, 0.5) is 5.13 Å². The Kier molecular flexibility index (Phi) is 5.31. The smallest absolute Gasteiger partial charge is 0.250 e. The Labute approximate surface area is 156 Å². The Balaban J connectivity index is 1.68. The first-order valence-electron chi connectivity index (χ1n) is 7.79. The zero-order valence-electron chi connectivity index (χ0n) is 13.9. The number of aryl methyl sites for hydroxylation is 2. The van der Waals surface area contributed by atoms with E-state index in [9.17, 15) is 4.79 Å². The summed E-state index contributed by atoms with van der Waals surface area (Å²) in [5.74, 6) is -0.212. The highest BCUT2D eigenvalue weighted by molar-refractivity contribution is 7.14. The first-order chi connectivity index (χ1) is 12.0. The molecule has 0 aliphatic carbocycles. The molecule has 0 fully saturated rings. The number of nitrogens with one attached hydrogen (secondary N) is 1. The molecule has 0 spiro atoms. The van der Waals surface area contributed by atoms with Crippen molar-refractivity contribution in [3.05, 3.63) is 75.6 Å². The lowest BCUT2D eigenvalue weighted by Gasteiger charge is -2.03. The molecule has 3 rings (SSSR count). The van der Waals surface area contributed by atoms with E-state index < -0.39 is 0 Å². The Bertz CT molecular complexity index is 929. The predicted octanol–water partition coefficient (Wildman–Crippen LogP) is 5.73. The van der Waals surface area contributed by atoms with Crippen LogP contribution >= 0.6 is 22.9 Å². The molecule has 3 aromatic rings. The number of hydrogen-bond acceptors (Lipinski definition) is 3. The Morgan fingerprint density at radius 3 is 2.64 bits per heavy atom. The molecule has 5 heteroatoms. The van der Waals surface area contributed by atoms with Gasteiger partial charge in [-0.15, -0.1) is 11.3 Å². The number of thiazole rings is 1. The number of rotatable bonds is 4. The molecule has 0 radical (unpaired) electrons. The summed E-state index contributed by atoms with van der Waals surface area (Å²) in [4.78, 5) is 16.6. The van der Waals surface area contributed by atoms with Crippen molar-refractivity contribution in [2.75, 3.05) is 5.32 Å². The van der Waals surface area contributed by atoms with Gasteiger partial charge in [-0.2, -0.15) is 0 Å².